The fourth-order valence-electron chi connectivity index (χ4n) is 3.60. The molecule has 2 fully saturated rings. The molecule has 1 aliphatic carbocycles. The lowest BCUT2D eigenvalue weighted by Crippen LogP contribution is -2.35. The van der Waals surface area contributed by atoms with Crippen LogP contribution in [0.4, 0.5) is 0 Å². The van der Waals surface area contributed by atoms with Gasteiger partial charge in [-0.25, -0.2) is 0 Å². The lowest BCUT2D eigenvalue weighted by Gasteiger charge is -2.26. The number of aliphatic hydroxyl groups excluding tert-OH is 1. The van der Waals surface area contributed by atoms with Gasteiger partial charge in [-0.2, -0.15) is 0 Å². The van der Waals surface area contributed by atoms with Crippen LogP contribution in [0.5, 0.6) is 0 Å². The highest BCUT2D eigenvalue weighted by atomic mass is 16.5. The molecule has 2 rings (SSSR count). The lowest BCUT2D eigenvalue weighted by molar-refractivity contribution is 0.0235. The van der Waals surface area contributed by atoms with Gasteiger partial charge in [-0.15, -0.1) is 0 Å². The Morgan fingerprint density at radius 2 is 1.84 bits per heavy atom. The van der Waals surface area contributed by atoms with Gasteiger partial charge in [0.05, 0.1) is 18.8 Å². The van der Waals surface area contributed by atoms with E-state index in [-0.39, 0.29) is 6.10 Å². The van der Waals surface area contributed by atoms with Gasteiger partial charge in [0.2, 0.25) is 0 Å². The number of aliphatic hydroxyl groups is 1. The van der Waals surface area contributed by atoms with Gasteiger partial charge in [-0.1, -0.05) is 25.7 Å². The van der Waals surface area contributed by atoms with E-state index >= 15 is 0 Å². The Hall–Kier alpha value is -0.120. The van der Waals surface area contributed by atoms with Gasteiger partial charge in [-0.3, -0.25) is 4.90 Å². The average Bonchev–Trinajstić information content (AvgIpc) is 2.64. The van der Waals surface area contributed by atoms with Crippen LogP contribution in [0.3, 0.4) is 0 Å². The summed E-state index contributed by atoms with van der Waals surface area (Å²) >= 11 is 0. The third-order valence-electron chi connectivity index (χ3n) is 4.65. The second-order valence-electron chi connectivity index (χ2n) is 6.40. The minimum Gasteiger partial charge on any atom is -0.393 e. The number of hydrogen-bond donors (Lipinski definition) is 1. The predicted octanol–water partition coefficient (Wildman–Crippen LogP) is 2.96. The normalized spacial score (nSPS) is 28.4. The van der Waals surface area contributed by atoms with Crippen LogP contribution < -0.4 is 0 Å². The molecule has 2 aliphatic rings. The van der Waals surface area contributed by atoms with Crippen molar-refractivity contribution >= 4 is 0 Å². The Bertz CT molecular complexity index is 237. The average molecular weight is 269 g/mol. The molecule has 0 radical (unpaired) electrons. The molecule has 1 N–H and O–H groups in total. The van der Waals surface area contributed by atoms with Crippen LogP contribution in [-0.4, -0.2) is 48.0 Å². The third-order valence-corrected chi connectivity index (χ3v) is 4.65. The Labute approximate surface area is 118 Å². The first-order valence-corrected chi connectivity index (χ1v) is 8.29. The third kappa shape index (κ3) is 5.41. The van der Waals surface area contributed by atoms with E-state index in [1.807, 2.05) is 6.92 Å². The summed E-state index contributed by atoms with van der Waals surface area (Å²) in [5.74, 6) is 0. The van der Waals surface area contributed by atoms with Crippen molar-refractivity contribution in [2.75, 3.05) is 19.7 Å². The van der Waals surface area contributed by atoms with Crippen LogP contribution >= 0.6 is 0 Å². The van der Waals surface area contributed by atoms with Gasteiger partial charge in [0.25, 0.3) is 0 Å². The van der Waals surface area contributed by atoms with E-state index in [1.165, 1.54) is 57.9 Å². The van der Waals surface area contributed by atoms with Crippen LogP contribution in [0.2, 0.25) is 0 Å². The molecule has 112 valence electrons. The lowest BCUT2D eigenvalue weighted by atomic mass is 10.1. The number of likely N-dealkylation sites (tertiary alicyclic amines) is 1. The first-order valence-electron chi connectivity index (χ1n) is 8.29. The van der Waals surface area contributed by atoms with E-state index in [4.69, 9.17) is 4.74 Å². The SMILES string of the molecule is CC(O)CC1CCCN1CCOC1CCCCCC1. The summed E-state index contributed by atoms with van der Waals surface area (Å²) in [5, 5.41) is 9.53. The molecule has 0 aromatic heterocycles. The highest BCUT2D eigenvalue weighted by Gasteiger charge is 2.25. The minimum atomic E-state index is -0.173. The largest absolute Gasteiger partial charge is 0.393 e. The Balaban J connectivity index is 1.63. The predicted molar refractivity (Wildman–Crippen MR) is 78.3 cm³/mol. The van der Waals surface area contributed by atoms with Crippen molar-refractivity contribution in [3.05, 3.63) is 0 Å². The molecule has 3 heteroatoms. The summed E-state index contributed by atoms with van der Waals surface area (Å²) in [5.41, 5.74) is 0. The maximum atomic E-state index is 9.53. The second-order valence-corrected chi connectivity index (χ2v) is 6.40. The smallest absolute Gasteiger partial charge is 0.0597 e. The molecule has 0 amide bonds. The summed E-state index contributed by atoms with van der Waals surface area (Å²) in [7, 11) is 0. The zero-order valence-corrected chi connectivity index (χ0v) is 12.5. The van der Waals surface area contributed by atoms with E-state index in [1.54, 1.807) is 0 Å². The molecule has 0 aromatic rings. The van der Waals surface area contributed by atoms with Crippen LogP contribution in [0.25, 0.3) is 0 Å². The van der Waals surface area contributed by atoms with E-state index in [9.17, 15) is 5.11 Å². The van der Waals surface area contributed by atoms with E-state index in [0.29, 0.717) is 12.1 Å². The van der Waals surface area contributed by atoms with Gasteiger partial charge >= 0.3 is 0 Å². The Morgan fingerprint density at radius 1 is 1.11 bits per heavy atom. The highest BCUT2D eigenvalue weighted by molar-refractivity contribution is 4.80. The van der Waals surface area contributed by atoms with Crippen molar-refractivity contribution in [2.45, 2.75) is 83.0 Å². The molecule has 1 saturated heterocycles. The maximum absolute atomic E-state index is 9.53. The van der Waals surface area contributed by atoms with Gasteiger partial charge in [0.1, 0.15) is 0 Å². The Kier molecular flexibility index (Phi) is 6.62. The molecule has 1 aliphatic heterocycles. The van der Waals surface area contributed by atoms with Crippen molar-refractivity contribution in [1.29, 1.82) is 0 Å². The zero-order valence-electron chi connectivity index (χ0n) is 12.5. The summed E-state index contributed by atoms with van der Waals surface area (Å²) in [6.45, 7) is 5.01. The standard InChI is InChI=1S/C16H31NO2/c1-14(18)13-15-7-6-10-17(15)11-12-19-16-8-4-2-3-5-9-16/h14-16,18H,2-13H2,1H3. The summed E-state index contributed by atoms with van der Waals surface area (Å²) in [6.07, 6.45) is 11.8. The molecule has 0 aromatic carbocycles. The molecule has 19 heavy (non-hydrogen) atoms. The second kappa shape index (κ2) is 8.23. The minimum absolute atomic E-state index is 0.173. The van der Waals surface area contributed by atoms with Gasteiger partial charge in [0.15, 0.2) is 0 Å². The molecule has 1 saturated carbocycles. The van der Waals surface area contributed by atoms with Crippen molar-refractivity contribution in [1.82, 2.24) is 4.90 Å². The monoisotopic (exact) mass is 269 g/mol. The van der Waals surface area contributed by atoms with Gasteiger partial charge in [0, 0.05) is 12.6 Å². The first-order chi connectivity index (χ1) is 9.25. The molecule has 0 bridgehead atoms. The van der Waals surface area contributed by atoms with Gasteiger partial charge < -0.3 is 9.84 Å². The molecule has 3 nitrogen and oxygen atoms in total. The number of rotatable bonds is 6. The van der Waals surface area contributed by atoms with Crippen LogP contribution in [0.1, 0.15) is 64.7 Å². The van der Waals surface area contributed by atoms with Gasteiger partial charge in [-0.05, 0) is 45.6 Å². The molecule has 2 unspecified atom stereocenters. The van der Waals surface area contributed by atoms with Crippen molar-refractivity contribution in [3.8, 4) is 0 Å². The van der Waals surface area contributed by atoms with Crippen molar-refractivity contribution < 1.29 is 9.84 Å². The fourth-order valence-corrected chi connectivity index (χ4v) is 3.60. The number of ether oxygens (including phenoxy) is 1. The summed E-state index contributed by atoms with van der Waals surface area (Å²) in [6, 6.07) is 0.581. The van der Waals surface area contributed by atoms with Crippen molar-refractivity contribution in [3.63, 3.8) is 0 Å². The van der Waals surface area contributed by atoms with Crippen molar-refractivity contribution in [2.24, 2.45) is 0 Å². The molecule has 0 spiro atoms. The van der Waals surface area contributed by atoms with E-state index in [0.717, 1.165) is 19.6 Å². The summed E-state index contributed by atoms with van der Waals surface area (Å²) < 4.78 is 6.07. The van der Waals surface area contributed by atoms with E-state index < -0.39 is 0 Å². The highest BCUT2D eigenvalue weighted by Crippen LogP contribution is 2.22. The number of hydrogen-bond acceptors (Lipinski definition) is 3. The first kappa shape index (κ1) is 15.3. The zero-order chi connectivity index (χ0) is 13.5. The fraction of sp³-hybridized carbons (Fsp3) is 1.00. The van der Waals surface area contributed by atoms with Crippen LogP contribution in [0, 0.1) is 0 Å². The maximum Gasteiger partial charge on any atom is 0.0597 e. The van der Waals surface area contributed by atoms with Crippen LogP contribution in [-0.2, 0) is 4.74 Å². The Morgan fingerprint density at radius 3 is 2.53 bits per heavy atom. The number of nitrogens with zero attached hydrogens (tertiary/aromatic N) is 1. The molecule has 2 atom stereocenters. The van der Waals surface area contributed by atoms with E-state index in [2.05, 4.69) is 4.90 Å². The molecular formula is C16H31NO2. The topological polar surface area (TPSA) is 32.7 Å². The quantitative estimate of drug-likeness (QED) is 0.753. The summed E-state index contributed by atoms with van der Waals surface area (Å²) in [4.78, 5) is 2.52. The molecule has 1 heterocycles. The molecular weight excluding hydrogens is 238 g/mol. The van der Waals surface area contributed by atoms with Crippen LogP contribution in [0.15, 0.2) is 0 Å².